The summed E-state index contributed by atoms with van der Waals surface area (Å²) in [5.41, 5.74) is 0.322. The number of nitro groups is 1. The second-order valence-electron chi connectivity index (χ2n) is 5.21. The van der Waals surface area contributed by atoms with E-state index in [9.17, 15) is 10.1 Å². The van der Waals surface area contributed by atoms with E-state index in [4.69, 9.17) is 9.15 Å². The molecule has 0 amide bonds. The third-order valence-corrected chi connectivity index (χ3v) is 3.87. The van der Waals surface area contributed by atoms with Crippen molar-refractivity contribution >= 4 is 22.8 Å². The molecule has 1 fully saturated rings. The standard InChI is InChI=1S/C13H15N3O4/c1-8-13(2,6-7-19-8)15-12-14-11-9(16(17)18)4-3-5-10(11)20-12/h3-5,8H,6-7H2,1-2H3,(H,14,15). The second-order valence-corrected chi connectivity index (χ2v) is 5.21. The van der Waals surface area contributed by atoms with Gasteiger partial charge in [0, 0.05) is 12.7 Å². The van der Waals surface area contributed by atoms with Gasteiger partial charge in [-0.3, -0.25) is 10.1 Å². The van der Waals surface area contributed by atoms with Gasteiger partial charge in [-0.05, 0) is 26.3 Å². The van der Waals surface area contributed by atoms with Crippen LogP contribution in [-0.2, 0) is 4.74 Å². The Hall–Kier alpha value is -2.15. The molecule has 3 rings (SSSR count). The molecule has 2 aromatic rings. The van der Waals surface area contributed by atoms with Crippen molar-refractivity contribution in [3.63, 3.8) is 0 Å². The van der Waals surface area contributed by atoms with Crippen LogP contribution in [0.25, 0.3) is 11.1 Å². The number of hydrogen-bond acceptors (Lipinski definition) is 6. The van der Waals surface area contributed by atoms with Gasteiger partial charge in [-0.25, -0.2) is 0 Å². The lowest BCUT2D eigenvalue weighted by atomic mass is 9.95. The van der Waals surface area contributed by atoms with Gasteiger partial charge in [0.05, 0.1) is 16.6 Å². The van der Waals surface area contributed by atoms with Crippen LogP contribution in [0.1, 0.15) is 20.3 Å². The Labute approximate surface area is 115 Å². The molecule has 7 nitrogen and oxygen atoms in total. The lowest BCUT2D eigenvalue weighted by Gasteiger charge is -2.27. The summed E-state index contributed by atoms with van der Waals surface area (Å²) in [5, 5.41) is 14.2. The van der Waals surface area contributed by atoms with Crippen LogP contribution in [0.15, 0.2) is 22.6 Å². The number of non-ortho nitro benzene ring substituents is 1. The molecule has 2 heterocycles. The summed E-state index contributed by atoms with van der Waals surface area (Å²) in [6.07, 6.45) is 0.849. The fourth-order valence-electron chi connectivity index (χ4n) is 2.38. The van der Waals surface area contributed by atoms with Crippen molar-refractivity contribution < 1.29 is 14.1 Å². The van der Waals surface area contributed by atoms with Gasteiger partial charge < -0.3 is 14.5 Å². The Bertz CT molecular complexity index is 669. The molecule has 2 unspecified atom stereocenters. The SMILES string of the molecule is CC1OCCC1(C)Nc1nc2c([N+](=O)[O-])cccc2o1. The van der Waals surface area contributed by atoms with E-state index in [-0.39, 0.29) is 28.9 Å². The number of anilines is 1. The summed E-state index contributed by atoms with van der Waals surface area (Å²) in [6, 6.07) is 4.95. The van der Waals surface area contributed by atoms with Gasteiger partial charge in [-0.2, -0.15) is 4.98 Å². The average Bonchev–Trinajstić information content (AvgIpc) is 2.92. The van der Waals surface area contributed by atoms with Crippen LogP contribution in [0.2, 0.25) is 0 Å². The van der Waals surface area contributed by atoms with Crippen molar-refractivity contribution in [1.82, 2.24) is 4.98 Å². The molecule has 2 atom stereocenters. The summed E-state index contributed by atoms with van der Waals surface area (Å²) in [4.78, 5) is 14.7. The van der Waals surface area contributed by atoms with Crippen LogP contribution in [0.4, 0.5) is 11.7 Å². The number of rotatable bonds is 3. The molecule has 0 bridgehead atoms. The quantitative estimate of drug-likeness (QED) is 0.685. The average molecular weight is 277 g/mol. The maximum atomic E-state index is 11.0. The van der Waals surface area contributed by atoms with Gasteiger partial charge >= 0.3 is 0 Å². The number of oxazole rings is 1. The summed E-state index contributed by atoms with van der Waals surface area (Å²) < 4.78 is 11.1. The van der Waals surface area contributed by atoms with Crippen molar-refractivity contribution in [2.75, 3.05) is 11.9 Å². The molecular formula is C13H15N3O4. The zero-order valence-corrected chi connectivity index (χ0v) is 11.3. The van der Waals surface area contributed by atoms with E-state index in [0.717, 1.165) is 6.42 Å². The molecule has 1 N–H and O–H groups in total. The predicted octanol–water partition coefficient (Wildman–Crippen LogP) is 2.72. The van der Waals surface area contributed by atoms with Gasteiger partial charge in [-0.1, -0.05) is 6.07 Å². The molecule has 0 aliphatic carbocycles. The van der Waals surface area contributed by atoms with Crippen molar-refractivity contribution in [2.24, 2.45) is 0 Å². The van der Waals surface area contributed by atoms with Crippen LogP contribution >= 0.6 is 0 Å². The molecule has 1 aliphatic rings. The highest BCUT2D eigenvalue weighted by molar-refractivity contribution is 5.84. The highest BCUT2D eigenvalue weighted by atomic mass is 16.6. The topological polar surface area (TPSA) is 90.4 Å². The lowest BCUT2D eigenvalue weighted by molar-refractivity contribution is -0.383. The fraction of sp³-hybridized carbons (Fsp3) is 0.462. The monoisotopic (exact) mass is 277 g/mol. The molecule has 7 heteroatoms. The Morgan fingerprint density at radius 3 is 3.00 bits per heavy atom. The number of nitrogens with one attached hydrogen (secondary N) is 1. The Morgan fingerprint density at radius 2 is 2.35 bits per heavy atom. The highest BCUT2D eigenvalue weighted by Crippen LogP contribution is 2.32. The largest absolute Gasteiger partial charge is 0.423 e. The van der Waals surface area contributed by atoms with Gasteiger partial charge in [0.25, 0.3) is 11.7 Å². The molecule has 0 radical (unpaired) electrons. The van der Waals surface area contributed by atoms with Gasteiger partial charge in [0.15, 0.2) is 11.1 Å². The van der Waals surface area contributed by atoms with E-state index in [1.54, 1.807) is 12.1 Å². The molecule has 1 saturated heterocycles. The van der Waals surface area contributed by atoms with Crippen molar-refractivity contribution in [2.45, 2.75) is 31.9 Å². The number of fused-ring (bicyclic) bond motifs is 1. The van der Waals surface area contributed by atoms with Gasteiger partial charge in [0.2, 0.25) is 0 Å². The normalized spacial score (nSPS) is 26.0. The van der Waals surface area contributed by atoms with E-state index in [2.05, 4.69) is 10.3 Å². The van der Waals surface area contributed by atoms with Crippen LogP contribution in [0.3, 0.4) is 0 Å². The number of benzene rings is 1. The summed E-state index contributed by atoms with van der Waals surface area (Å²) in [5.74, 6) is 0. The smallest absolute Gasteiger partial charge is 0.298 e. The number of ether oxygens (including phenoxy) is 1. The van der Waals surface area contributed by atoms with Crippen LogP contribution in [0.5, 0.6) is 0 Å². The molecular weight excluding hydrogens is 262 g/mol. The molecule has 1 aromatic heterocycles. The van der Waals surface area contributed by atoms with Gasteiger partial charge in [0.1, 0.15) is 0 Å². The van der Waals surface area contributed by atoms with Crippen molar-refractivity contribution in [3.8, 4) is 0 Å². The van der Waals surface area contributed by atoms with Gasteiger partial charge in [-0.15, -0.1) is 0 Å². The first-order valence-electron chi connectivity index (χ1n) is 6.43. The minimum Gasteiger partial charge on any atom is -0.423 e. The van der Waals surface area contributed by atoms with E-state index < -0.39 is 4.92 Å². The van der Waals surface area contributed by atoms with Crippen LogP contribution < -0.4 is 5.32 Å². The fourth-order valence-corrected chi connectivity index (χ4v) is 2.38. The number of hydrogen-bond donors (Lipinski definition) is 1. The third kappa shape index (κ3) is 2.00. The second kappa shape index (κ2) is 4.45. The van der Waals surface area contributed by atoms with Crippen LogP contribution in [-0.4, -0.2) is 28.2 Å². The highest BCUT2D eigenvalue weighted by Gasteiger charge is 2.38. The van der Waals surface area contributed by atoms with Crippen molar-refractivity contribution in [3.05, 3.63) is 28.3 Å². The number of aromatic nitrogens is 1. The molecule has 1 aliphatic heterocycles. The van der Waals surface area contributed by atoms with Crippen molar-refractivity contribution in [1.29, 1.82) is 0 Å². The molecule has 20 heavy (non-hydrogen) atoms. The van der Waals surface area contributed by atoms with E-state index in [1.165, 1.54) is 6.07 Å². The maximum Gasteiger partial charge on any atom is 0.298 e. The molecule has 0 saturated carbocycles. The Morgan fingerprint density at radius 1 is 1.55 bits per heavy atom. The molecule has 106 valence electrons. The lowest BCUT2D eigenvalue weighted by Crippen LogP contribution is -2.41. The number of nitrogens with zero attached hydrogens (tertiary/aromatic N) is 2. The molecule has 1 aromatic carbocycles. The first-order valence-corrected chi connectivity index (χ1v) is 6.43. The van der Waals surface area contributed by atoms with E-state index in [1.807, 2.05) is 13.8 Å². The number of nitro benzene ring substituents is 1. The minimum atomic E-state index is -0.461. The minimum absolute atomic E-state index is 0.0208. The predicted molar refractivity (Wildman–Crippen MR) is 72.7 cm³/mol. The third-order valence-electron chi connectivity index (χ3n) is 3.87. The summed E-state index contributed by atoms with van der Waals surface area (Å²) in [6.45, 7) is 4.67. The first kappa shape index (κ1) is 12.9. The first-order chi connectivity index (χ1) is 9.49. The maximum absolute atomic E-state index is 11.0. The zero-order valence-electron chi connectivity index (χ0n) is 11.3. The van der Waals surface area contributed by atoms with Crippen LogP contribution in [0, 0.1) is 10.1 Å². The zero-order chi connectivity index (χ0) is 14.3. The van der Waals surface area contributed by atoms with E-state index >= 15 is 0 Å². The Balaban J connectivity index is 1.97. The summed E-state index contributed by atoms with van der Waals surface area (Å²) in [7, 11) is 0. The Kier molecular flexibility index (Phi) is 2.86. The number of para-hydroxylation sites is 1. The summed E-state index contributed by atoms with van der Waals surface area (Å²) >= 11 is 0. The molecule has 0 spiro atoms. The van der Waals surface area contributed by atoms with E-state index in [0.29, 0.717) is 12.2 Å².